The Balaban J connectivity index is 1.54. The van der Waals surface area contributed by atoms with Gasteiger partial charge in [0.1, 0.15) is 12.4 Å². The Morgan fingerprint density at radius 3 is 2.33 bits per heavy atom. The summed E-state index contributed by atoms with van der Waals surface area (Å²) in [4.78, 5) is 41.8. The third-order valence-electron chi connectivity index (χ3n) is 7.73. The minimum absolute atomic E-state index is 0.0390. The molecule has 0 spiro atoms. The van der Waals surface area contributed by atoms with E-state index in [1.165, 1.54) is 12.1 Å². The van der Waals surface area contributed by atoms with E-state index in [0.717, 1.165) is 31.4 Å². The van der Waals surface area contributed by atoms with Crippen LogP contribution in [0.2, 0.25) is 0 Å². The van der Waals surface area contributed by atoms with E-state index in [4.69, 9.17) is 5.11 Å². The number of amides is 2. The van der Waals surface area contributed by atoms with Crippen LogP contribution in [0.1, 0.15) is 72.5 Å². The number of hydrogen-bond donors (Lipinski definition) is 1. The van der Waals surface area contributed by atoms with Crippen molar-refractivity contribution in [3.05, 3.63) is 59.2 Å². The molecule has 7 nitrogen and oxygen atoms in total. The third kappa shape index (κ3) is 5.58. The molecule has 1 aliphatic heterocycles. The van der Waals surface area contributed by atoms with Crippen LogP contribution < -0.4 is 9.64 Å². The Bertz CT molecular complexity index is 1260. The SMILES string of the molecule is O=C(O)CCC(=O)N(C1CC1)C1c2cc(CF)ccc2N(C(=O)c2ccc(OC(F)(F)F)cc2)C2CCCC21. The molecule has 3 atom stereocenters. The fourth-order valence-corrected chi connectivity index (χ4v) is 6.05. The van der Waals surface area contributed by atoms with Gasteiger partial charge in [0.15, 0.2) is 0 Å². The van der Waals surface area contributed by atoms with Gasteiger partial charge in [-0.15, -0.1) is 13.2 Å². The molecule has 2 aliphatic carbocycles. The van der Waals surface area contributed by atoms with Crippen LogP contribution in [0.5, 0.6) is 5.75 Å². The Kier molecular flexibility index (Phi) is 7.26. The number of rotatable bonds is 8. The Labute approximate surface area is 222 Å². The molecule has 0 aromatic heterocycles. The molecule has 3 unspecified atom stereocenters. The number of anilines is 1. The van der Waals surface area contributed by atoms with Crippen LogP contribution >= 0.6 is 0 Å². The smallest absolute Gasteiger partial charge is 0.481 e. The number of ether oxygens (including phenoxy) is 1. The van der Waals surface area contributed by atoms with Gasteiger partial charge in [0.2, 0.25) is 5.91 Å². The Hall–Kier alpha value is -3.63. The van der Waals surface area contributed by atoms with Crippen LogP contribution in [-0.2, 0) is 16.3 Å². The number of halogens is 4. The lowest BCUT2D eigenvalue weighted by atomic mass is 9.80. The van der Waals surface area contributed by atoms with Crippen molar-refractivity contribution >= 4 is 23.5 Å². The maximum Gasteiger partial charge on any atom is 0.573 e. The van der Waals surface area contributed by atoms with Gasteiger partial charge in [-0.1, -0.05) is 12.5 Å². The van der Waals surface area contributed by atoms with Crippen molar-refractivity contribution in [1.82, 2.24) is 4.90 Å². The van der Waals surface area contributed by atoms with Gasteiger partial charge in [-0.25, -0.2) is 4.39 Å². The molecular formula is C28H28F4N2O5. The summed E-state index contributed by atoms with van der Waals surface area (Å²) in [6.45, 7) is -0.737. The van der Waals surface area contributed by atoms with E-state index in [1.807, 2.05) is 0 Å². The van der Waals surface area contributed by atoms with E-state index in [9.17, 15) is 31.9 Å². The highest BCUT2D eigenvalue weighted by Crippen LogP contribution is 2.53. The van der Waals surface area contributed by atoms with Gasteiger partial charge >= 0.3 is 12.3 Å². The second-order valence-corrected chi connectivity index (χ2v) is 10.3. The highest BCUT2D eigenvalue weighted by atomic mass is 19.4. The molecule has 2 aromatic rings. The fraction of sp³-hybridized carbons (Fsp3) is 0.464. The van der Waals surface area contributed by atoms with Crippen molar-refractivity contribution < 1.29 is 41.8 Å². The number of hydrogen-bond acceptors (Lipinski definition) is 4. The first-order valence-electron chi connectivity index (χ1n) is 13.0. The second-order valence-electron chi connectivity index (χ2n) is 10.3. The van der Waals surface area contributed by atoms with Gasteiger partial charge < -0.3 is 19.6 Å². The summed E-state index contributed by atoms with van der Waals surface area (Å²) in [6, 6.07) is 8.90. The standard InChI is InChI=1S/C28H28F4N2O5/c29-15-16-4-11-23-21(14-16)26(33(18-7-8-18)24(35)12-13-25(36)37)20-2-1-3-22(20)34(23)27(38)17-5-9-19(10-6-17)39-28(30,31)32/h4-6,9-11,14,18,20,22,26H,1-3,7-8,12-13,15H2,(H,36,37). The molecule has 0 saturated heterocycles. The van der Waals surface area contributed by atoms with Gasteiger partial charge in [0.25, 0.3) is 5.91 Å². The lowest BCUT2D eigenvalue weighted by Gasteiger charge is -2.48. The summed E-state index contributed by atoms with van der Waals surface area (Å²) in [5.41, 5.74) is 1.72. The molecule has 208 valence electrons. The normalized spacial score (nSPS) is 22.2. The van der Waals surface area contributed by atoms with Gasteiger partial charge in [0, 0.05) is 35.7 Å². The zero-order chi connectivity index (χ0) is 27.9. The molecule has 0 bridgehead atoms. The highest BCUT2D eigenvalue weighted by molar-refractivity contribution is 6.07. The number of fused-ring (bicyclic) bond motifs is 2. The average Bonchev–Trinajstić information content (AvgIpc) is 3.61. The predicted octanol–water partition coefficient (Wildman–Crippen LogP) is 5.78. The summed E-state index contributed by atoms with van der Waals surface area (Å²) in [7, 11) is 0. The second kappa shape index (κ2) is 10.5. The molecule has 11 heteroatoms. The van der Waals surface area contributed by atoms with Crippen molar-refractivity contribution in [1.29, 1.82) is 0 Å². The van der Waals surface area contributed by atoms with Gasteiger partial charge in [-0.2, -0.15) is 0 Å². The van der Waals surface area contributed by atoms with Crippen LogP contribution in [-0.4, -0.2) is 46.2 Å². The molecule has 2 aromatic carbocycles. The van der Waals surface area contributed by atoms with Crippen molar-refractivity contribution in [3.63, 3.8) is 0 Å². The van der Waals surface area contributed by atoms with Gasteiger partial charge in [0.05, 0.1) is 12.5 Å². The lowest BCUT2D eigenvalue weighted by molar-refractivity contribution is -0.274. The van der Waals surface area contributed by atoms with Gasteiger partial charge in [-0.05, 0) is 73.2 Å². The first-order valence-corrected chi connectivity index (χ1v) is 13.0. The number of nitrogens with zero attached hydrogens (tertiary/aromatic N) is 2. The molecule has 5 rings (SSSR count). The number of aliphatic carboxylic acids is 1. The zero-order valence-electron chi connectivity index (χ0n) is 21.0. The predicted molar refractivity (Wildman–Crippen MR) is 132 cm³/mol. The Morgan fingerprint density at radius 1 is 1.00 bits per heavy atom. The minimum atomic E-state index is -4.85. The quantitative estimate of drug-likeness (QED) is 0.423. The highest BCUT2D eigenvalue weighted by Gasteiger charge is 2.51. The summed E-state index contributed by atoms with van der Waals surface area (Å²) < 4.78 is 55.5. The molecule has 2 amide bonds. The summed E-state index contributed by atoms with van der Waals surface area (Å²) in [5, 5.41) is 9.14. The monoisotopic (exact) mass is 548 g/mol. The molecule has 1 heterocycles. The zero-order valence-corrected chi connectivity index (χ0v) is 21.0. The molecule has 3 aliphatic rings. The summed E-state index contributed by atoms with van der Waals surface area (Å²) in [6.07, 6.45) is -1.54. The van der Waals surface area contributed by atoms with E-state index in [2.05, 4.69) is 4.74 Å². The van der Waals surface area contributed by atoms with Gasteiger partial charge in [-0.3, -0.25) is 14.4 Å². The van der Waals surface area contributed by atoms with Crippen molar-refractivity contribution in [2.24, 2.45) is 5.92 Å². The van der Waals surface area contributed by atoms with Crippen molar-refractivity contribution in [3.8, 4) is 5.75 Å². The van der Waals surface area contributed by atoms with Crippen LogP contribution in [0.4, 0.5) is 23.2 Å². The van der Waals surface area contributed by atoms with Crippen LogP contribution in [0.25, 0.3) is 0 Å². The number of carbonyl (C=O) groups excluding carboxylic acids is 2. The summed E-state index contributed by atoms with van der Waals surface area (Å²) in [5.74, 6) is -2.34. The van der Waals surface area contributed by atoms with E-state index >= 15 is 0 Å². The molecule has 1 N–H and O–H groups in total. The minimum Gasteiger partial charge on any atom is -0.481 e. The van der Waals surface area contributed by atoms with Crippen LogP contribution in [0.15, 0.2) is 42.5 Å². The average molecular weight is 549 g/mol. The number of benzene rings is 2. The van der Waals surface area contributed by atoms with E-state index < -0.39 is 36.7 Å². The molecule has 0 radical (unpaired) electrons. The van der Waals surface area contributed by atoms with E-state index in [-0.39, 0.29) is 42.3 Å². The fourth-order valence-electron chi connectivity index (χ4n) is 6.05. The largest absolute Gasteiger partial charge is 0.573 e. The molecule has 39 heavy (non-hydrogen) atoms. The third-order valence-corrected chi connectivity index (χ3v) is 7.73. The maximum atomic E-state index is 13.8. The number of carbonyl (C=O) groups is 3. The van der Waals surface area contributed by atoms with E-state index in [0.29, 0.717) is 29.7 Å². The number of carboxylic acids is 1. The lowest BCUT2D eigenvalue weighted by Crippen LogP contribution is -2.53. The molecular weight excluding hydrogens is 520 g/mol. The molecule has 2 fully saturated rings. The van der Waals surface area contributed by atoms with Crippen molar-refractivity contribution in [2.45, 2.75) is 76.1 Å². The first-order chi connectivity index (χ1) is 18.6. The van der Waals surface area contributed by atoms with Crippen LogP contribution in [0.3, 0.4) is 0 Å². The van der Waals surface area contributed by atoms with E-state index in [1.54, 1.807) is 28.0 Å². The topological polar surface area (TPSA) is 87.2 Å². The summed E-state index contributed by atoms with van der Waals surface area (Å²) >= 11 is 0. The first kappa shape index (κ1) is 27.0. The number of carboxylic acid groups (broad SMARTS) is 1. The number of alkyl halides is 4. The molecule has 2 saturated carbocycles. The van der Waals surface area contributed by atoms with Crippen molar-refractivity contribution in [2.75, 3.05) is 4.90 Å². The Morgan fingerprint density at radius 2 is 1.72 bits per heavy atom. The van der Waals surface area contributed by atoms with Crippen LogP contribution in [0, 0.1) is 5.92 Å². The maximum absolute atomic E-state index is 13.8.